The Balaban J connectivity index is 1.02. The van der Waals surface area contributed by atoms with Crippen molar-refractivity contribution in [2.24, 2.45) is 0 Å². The smallest absolute Gasteiger partial charge is 0.251 e. The highest BCUT2D eigenvalue weighted by molar-refractivity contribution is 6.37. The van der Waals surface area contributed by atoms with E-state index in [0.29, 0.717) is 44.7 Å². The maximum absolute atomic E-state index is 12.8. The van der Waals surface area contributed by atoms with Crippen LogP contribution >= 0.6 is 23.2 Å². The number of rotatable bonds is 12. The second-order valence-corrected chi connectivity index (χ2v) is 13.3. The molecule has 0 aliphatic heterocycles. The lowest BCUT2D eigenvalue weighted by molar-refractivity contribution is -0.116. The summed E-state index contributed by atoms with van der Waals surface area (Å²) in [6, 6.07) is 27.8. The Labute approximate surface area is 322 Å². The first-order chi connectivity index (χ1) is 26.2. The van der Waals surface area contributed by atoms with Crippen molar-refractivity contribution in [1.29, 1.82) is 0 Å². The predicted octanol–water partition coefficient (Wildman–Crippen LogP) is 8.62. The van der Waals surface area contributed by atoms with E-state index in [-0.39, 0.29) is 18.4 Å². The highest BCUT2D eigenvalue weighted by Crippen LogP contribution is 2.39. The molecule has 0 saturated carbocycles. The first-order valence-electron chi connectivity index (χ1n) is 17.2. The van der Waals surface area contributed by atoms with Gasteiger partial charge in [0.15, 0.2) is 0 Å². The fourth-order valence-electron chi connectivity index (χ4n) is 6.13. The van der Waals surface area contributed by atoms with E-state index < -0.39 is 6.10 Å². The van der Waals surface area contributed by atoms with Gasteiger partial charge in [-0.2, -0.15) is 0 Å². The number of amides is 2. The minimum atomic E-state index is -0.534. The van der Waals surface area contributed by atoms with Crippen LogP contribution < -0.4 is 15.4 Å². The fraction of sp³-hybridized carbons (Fsp3) is 0.119. The first-order valence-corrected chi connectivity index (χ1v) is 17.9. The number of nitrogens with one attached hydrogen (secondary N) is 2. The van der Waals surface area contributed by atoms with E-state index in [1.165, 1.54) is 6.08 Å². The molecule has 0 aliphatic rings. The maximum atomic E-state index is 12.8. The van der Waals surface area contributed by atoms with E-state index in [2.05, 4.69) is 20.6 Å². The van der Waals surface area contributed by atoms with E-state index >= 15 is 0 Å². The van der Waals surface area contributed by atoms with Gasteiger partial charge in [0.05, 0.1) is 41.5 Å². The molecule has 54 heavy (non-hydrogen) atoms. The second-order valence-electron chi connectivity index (χ2n) is 12.5. The molecule has 2 N–H and O–H groups in total. The van der Waals surface area contributed by atoms with Crippen LogP contribution in [0.4, 0.5) is 0 Å². The molecule has 7 aromatic rings. The molecule has 0 saturated heterocycles. The zero-order chi connectivity index (χ0) is 37.6. The SMILES string of the molecule is Cc1cc(-n2ccnc2)c2cccc(OC(C)c3c(Cl)ccc(-n4cccc4CNC(=O)C=Cc4ccc(C(=O)NCc5ccccn5)cc4)c3Cl)c2n1. The molecule has 0 aliphatic carbocycles. The zero-order valence-corrected chi connectivity index (χ0v) is 30.9. The van der Waals surface area contributed by atoms with Crippen LogP contribution in [0.5, 0.6) is 5.75 Å². The summed E-state index contributed by atoms with van der Waals surface area (Å²) in [6.45, 7) is 4.42. The van der Waals surface area contributed by atoms with E-state index in [4.69, 9.17) is 32.9 Å². The van der Waals surface area contributed by atoms with Crippen LogP contribution in [0.15, 0.2) is 128 Å². The number of imidazole rings is 1. The topological polar surface area (TPSA) is 116 Å². The quantitative estimate of drug-likeness (QED) is 0.121. The van der Waals surface area contributed by atoms with Gasteiger partial charge in [-0.3, -0.25) is 14.6 Å². The molecular formula is C42H35Cl2N7O3. The average molecular weight is 757 g/mol. The van der Waals surface area contributed by atoms with Crippen molar-refractivity contribution in [2.75, 3.05) is 0 Å². The van der Waals surface area contributed by atoms with E-state index in [1.54, 1.807) is 55.1 Å². The summed E-state index contributed by atoms with van der Waals surface area (Å²) in [5.41, 5.74) is 6.68. The third kappa shape index (κ3) is 8.05. The van der Waals surface area contributed by atoms with E-state index in [1.807, 2.05) is 96.0 Å². The lowest BCUT2D eigenvalue weighted by Gasteiger charge is -2.21. The Morgan fingerprint density at radius 1 is 0.889 bits per heavy atom. The van der Waals surface area contributed by atoms with Crippen molar-refractivity contribution in [2.45, 2.75) is 33.0 Å². The van der Waals surface area contributed by atoms with Crippen LogP contribution in [0, 0.1) is 6.92 Å². The number of aryl methyl sites for hydroxylation is 1. The van der Waals surface area contributed by atoms with Crippen LogP contribution in [-0.4, -0.2) is 35.9 Å². The van der Waals surface area contributed by atoms with Gasteiger partial charge >= 0.3 is 0 Å². The van der Waals surface area contributed by atoms with Crippen molar-refractivity contribution in [3.63, 3.8) is 0 Å². The lowest BCUT2D eigenvalue weighted by atomic mass is 10.1. The van der Waals surface area contributed by atoms with Gasteiger partial charge in [0.2, 0.25) is 5.91 Å². The molecule has 0 fully saturated rings. The van der Waals surface area contributed by atoms with Gasteiger partial charge in [0.1, 0.15) is 17.4 Å². The normalized spacial score (nSPS) is 11.9. The molecule has 10 nitrogen and oxygen atoms in total. The van der Waals surface area contributed by atoms with Gasteiger partial charge in [0.25, 0.3) is 5.91 Å². The molecule has 270 valence electrons. The first kappa shape index (κ1) is 36.1. The molecule has 1 unspecified atom stereocenters. The third-order valence-electron chi connectivity index (χ3n) is 8.80. The molecule has 2 amide bonds. The van der Waals surface area contributed by atoms with Crippen LogP contribution in [-0.2, 0) is 17.9 Å². The Morgan fingerprint density at radius 3 is 2.52 bits per heavy atom. The molecule has 3 aromatic carbocycles. The number of carbonyl (C=O) groups is 2. The number of halogens is 2. The third-order valence-corrected chi connectivity index (χ3v) is 9.53. The molecule has 0 bridgehead atoms. The highest BCUT2D eigenvalue weighted by atomic mass is 35.5. The summed E-state index contributed by atoms with van der Waals surface area (Å²) in [6.07, 6.45) is 11.6. The van der Waals surface area contributed by atoms with Crippen molar-refractivity contribution in [3.05, 3.63) is 172 Å². The van der Waals surface area contributed by atoms with Gasteiger partial charge in [-0.05, 0) is 86.2 Å². The summed E-state index contributed by atoms with van der Waals surface area (Å²) >= 11 is 13.9. The summed E-state index contributed by atoms with van der Waals surface area (Å²) in [5, 5.41) is 7.60. The lowest BCUT2D eigenvalue weighted by Crippen LogP contribution is -2.23. The van der Waals surface area contributed by atoms with Gasteiger partial charge < -0.3 is 24.5 Å². The average Bonchev–Trinajstić information content (AvgIpc) is 3.89. The number of ether oxygens (including phenoxy) is 1. The Kier molecular flexibility index (Phi) is 10.8. The van der Waals surface area contributed by atoms with Crippen LogP contribution in [0.2, 0.25) is 10.0 Å². The molecule has 12 heteroatoms. The second kappa shape index (κ2) is 16.2. The number of hydrogen-bond donors (Lipinski definition) is 2. The molecule has 7 rings (SSSR count). The number of para-hydroxylation sites is 1. The molecule has 0 spiro atoms. The Morgan fingerprint density at radius 2 is 1.74 bits per heavy atom. The number of fused-ring (bicyclic) bond motifs is 1. The van der Waals surface area contributed by atoms with E-state index in [9.17, 15) is 9.59 Å². The summed E-state index contributed by atoms with van der Waals surface area (Å²) in [7, 11) is 0. The van der Waals surface area contributed by atoms with Gasteiger partial charge in [-0.15, -0.1) is 0 Å². The van der Waals surface area contributed by atoms with Crippen molar-refractivity contribution in [1.82, 2.24) is 34.7 Å². The number of benzene rings is 3. The summed E-state index contributed by atoms with van der Waals surface area (Å²) in [5.74, 6) is 0.114. The van der Waals surface area contributed by atoms with Crippen molar-refractivity contribution in [3.8, 4) is 17.1 Å². The highest BCUT2D eigenvalue weighted by Gasteiger charge is 2.22. The standard InChI is InChI=1S/C42H35Cl2N7O3/c1-27-23-36(50-22-20-45-26-50)33-9-5-10-37(41(33)49-27)54-28(2)39-34(43)16-17-35(40(39)44)51-21-6-8-32(51)25-47-38(52)18-13-29-11-14-30(15-12-29)42(53)48-24-31-7-3-4-19-46-31/h3-23,26,28H,24-25H2,1-2H3,(H,47,52)(H,48,53). The van der Waals surface area contributed by atoms with Crippen molar-refractivity contribution < 1.29 is 14.3 Å². The van der Waals surface area contributed by atoms with Gasteiger partial charge in [-0.25, -0.2) is 9.97 Å². The van der Waals surface area contributed by atoms with Crippen molar-refractivity contribution >= 4 is 52.0 Å². The molecule has 0 radical (unpaired) electrons. The number of hydrogen-bond acceptors (Lipinski definition) is 6. The number of nitrogens with zero attached hydrogens (tertiary/aromatic N) is 5. The molecule has 4 aromatic heterocycles. The largest absolute Gasteiger partial charge is 0.484 e. The summed E-state index contributed by atoms with van der Waals surface area (Å²) < 4.78 is 10.4. The Bertz CT molecular complexity index is 2460. The van der Waals surface area contributed by atoms with Gasteiger partial charge in [0, 0.05) is 63.8 Å². The van der Waals surface area contributed by atoms with Crippen LogP contribution in [0.25, 0.3) is 28.4 Å². The monoisotopic (exact) mass is 755 g/mol. The maximum Gasteiger partial charge on any atom is 0.251 e. The number of pyridine rings is 2. The molecule has 4 heterocycles. The summed E-state index contributed by atoms with van der Waals surface area (Å²) in [4.78, 5) is 38.6. The predicted molar refractivity (Wildman–Crippen MR) is 211 cm³/mol. The minimum absolute atomic E-state index is 0.204. The number of carbonyl (C=O) groups excluding carboxylic acids is 2. The van der Waals surface area contributed by atoms with E-state index in [0.717, 1.165) is 33.7 Å². The van der Waals surface area contributed by atoms with Crippen LogP contribution in [0.3, 0.4) is 0 Å². The minimum Gasteiger partial charge on any atom is -0.484 e. The fourth-order valence-corrected chi connectivity index (χ4v) is 6.90. The molecule has 1 atom stereocenters. The molecular weight excluding hydrogens is 721 g/mol. The zero-order valence-electron chi connectivity index (χ0n) is 29.4. The number of aromatic nitrogens is 5. The Hall–Kier alpha value is -6.23. The van der Waals surface area contributed by atoms with Crippen LogP contribution in [0.1, 0.15) is 51.6 Å². The van der Waals surface area contributed by atoms with Gasteiger partial charge in [-0.1, -0.05) is 53.5 Å².